The Hall–Kier alpha value is -4.11. The molecular formula is C27H23N2O6S-. The van der Waals surface area contributed by atoms with Crippen molar-refractivity contribution in [2.45, 2.75) is 26.3 Å². The van der Waals surface area contributed by atoms with E-state index in [9.17, 15) is 14.7 Å². The van der Waals surface area contributed by atoms with Crippen molar-refractivity contribution in [3.63, 3.8) is 0 Å². The van der Waals surface area contributed by atoms with Crippen LogP contribution in [0.25, 0.3) is 10.2 Å². The molecule has 1 aliphatic rings. The number of aryl methyl sites for hydroxylation is 2. The summed E-state index contributed by atoms with van der Waals surface area (Å²) in [6.07, 6.45) is 0.850. The predicted octanol–water partition coefficient (Wildman–Crippen LogP) is 4.36. The third-order valence-corrected chi connectivity index (χ3v) is 7.20. The fourth-order valence-corrected chi connectivity index (χ4v) is 5.47. The van der Waals surface area contributed by atoms with Crippen molar-refractivity contribution in [2.24, 2.45) is 0 Å². The Morgan fingerprint density at radius 2 is 1.97 bits per heavy atom. The summed E-state index contributed by atoms with van der Waals surface area (Å²) in [7, 11) is 2.95. The summed E-state index contributed by atoms with van der Waals surface area (Å²) >= 11 is 1.29. The molecule has 4 aromatic rings. The summed E-state index contributed by atoms with van der Waals surface area (Å²) in [5, 5.41) is 13.7. The van der Waals surface area contributed by atoms with Gasteiger partial charge in [0.25, 0.3) is 0 Å². The molecule has 0 aliphatic carbocycles. The Balaban J connectivity index is 1.73. The lowest BCUT2D eigenvalue weighted by Gasteiger charge is -2.27. The molecule has 1 atom stereocenters. The van der Waals surface area contributed by atoms with Crippen LogP contribution in [0.15, 0.2) is 64.3 Å². The number of ketones is 1. The van der Waals surface area contributed by atoms with Gasteiger partial charge in [0.05, 0.1) is 30.5 Å². The molecular weight excluding hydrogens is 480 g/mol. The van der Waals surface area contributed by atoms with E-state index in [1.165, 1.54) is 36.5 Å². The standard InChI is InChI=1S/C27H24N2O6S/c1-5-15-10-11-17-20(13-15)36-27(28-17)29-22(16-7-6-8-19(33-3)25(16)34-4)21(24(31)26(29)32)23(30)18-12-9-14(2)35-18/h6-13,22,31H,5H2,1-4H3/p-1. The Labute approximate surface area is 211 Å². The van der Waals surface area contributed by atoms with E-state index >= 15 is 0 Å². The van der Waals surface area contributed by atoms with E-state index in [0.29, 0.717) is 33.5 Å². The van der Waals surface area contributed by atoms with Crippen LogP contribution in [0.3, 0.4) is 0 Å². The number of aromatic nitrogens is 1. The molecule has 1 amide bonds. The van der Waals surface area contributed by atoms with Crippen LogP contribution in [0, 0.1) is 6.92 Å². The quantitative estimate of drug-likeness (QED) is 0.345. The van der Waals surface area contributed by atoms with Gasteiger partial charge in [0.15, 0.2) is 22.4 Å². The van der Waals surface area contributed by atoms with Crippen LogP contribution in [-0.4, -0.2) is 30.9 Å². The fraction of sp³-hybridized carbons (Fsp3) is 0.222. The van der Waals surface area contributed by atoms with Gasteiger partial charge in [-0.3, -0.25) is 14.5 Å². The number of Topliss-reactive ketones (excluding diaryl/α,β-unsaturated/α-hetero) is 1. The maximum atomic E-state index is 13.6. The van der Waals surface area contributed by atoms with Crippen molar-refractivity contribution < 1.29 is 28.6 Å². The molecule has 0 saturated carbocycles. The number of ether oxygens (including phenoxy) is 2. The molecule has 0 N–H and O–H groups in total. The SMILES string of the molecule is CCc1ccc2nc(N3C(=O)C([O-])=C(C(=O)c4ccc(C)o4)C3c3cccc(OC)c3OC)sc2c1. The Morgan fingerprint density at radius 1 is 1.17 bits per heavy atom. The van der Waals surface area contributed by atoms with Crippen LogP contribution < -0.4 is 19.5 Å². The Morgan fingerprint density at radius 3 is 2.64 bits per heavy atom. The van der Waals surface area contributed by atoms with Crippen molar-refractivity contribution in [3.05, 3.63) is 82.5 Å². The number of para-hydroxylation sites is 1. The first-order valence-corrected chi connectivity index (χ1v) is 12.2. The molecule has 2 aromatic carbocycles. The minimum absolute atomic E-state index is 0.0192. The average Bonchev–Trinajstić information content (AvgIpc) is 3.58. The Bertz CT molecular complexity index is 1530. The van der Waals surface area contributed by atoms with Gasteiger partial charge in [-0.1, -0.05) is 36.5 Å². The summed E-state index contributed by atoms with van der Waals surface area (Å²) in [5.41, 5.74) is 2.03. The molecule has 9 heteroatoms. The fourth-order valence-electron chi connectivity index (χ4n) is 4.41. The second-order valence-electron chi connectivity index (χ2n) is 8.29. The molecule has 1 unspecified atom stereocenters. The van der Waals surface area contributed by atoms with E-state index in [1.807, 2.05) is 18.2 Å². The summed E-state index contributed by atoms with van der Waals surface area (Å²) in [6.45, 7) is 3.75. The lowest BCUT2D eigenvalue weighted by molar-refractivity contribution is -0.298. The highest BCUT2D eigenvalue weighted by molar-refractivity contribution is 7.22. The first kappa shape index (κ1) is 23.6. The number of benzene rings is 2. The highest BCUT2D eigenvalue weighted by atomic mass is 32.1. The minimum atomic E-state index is -1.08. The number of hydrogen-bond acceptors (Lipinski definition) is 8. The normalized spacial score (nSPS) is 15.7. The number of carbonyl (C=O) groups is 2. The van der Waals surface area contributed by atoms with Gasteiger partial charge in [0, 0.05) is 11.1 Å². The molecule has 0 spiro atoms. The van der Waals surface area contributed by atoms with Crippen LogP contribution >= 0.6 is 11.3 Å². The molecule has 8 nitrogen and oxygen atoms in total. The van der Waals surface area contributed by atoms with E-state index < -0.39 is 23.5 Å². The highest BCUT2D eigenvalue weighted by Crippen LogP contribution is 2.48. The number of rotatable bonds is 7. The van der Waals surface area contributed by atoms with Crippen LogP contribution in [0.2, 0.25) is 0 Å². The molecule has 0 saturated heterocycles. The second-order valence-corrected chi connectivity index (χ2v) is 9.30. The molecule has 5 rings (SSSR count). The average molecular weight is 504 g/mol. The van der Waals surface area contributed by atoms with Crippen LogP contribution in [0.5, 0.6) is 11.5 Å². The predicted molar refractivity (Wildman–Crippen MR) is 134 cm³/mol. The van der Waals surface area contributed by atoms with Crippen LogP contribution in [0.4, 0.5) is 5.13 Å². The number of carbonyl (C=O) groups excluding carboxylic acids is 2. The Kier molecular flexibility index (Phi) is 6.01. The number of furan rings is 1. The van der Waals surface area contributed by atoms with E-state index in [-0.39, 0.29) is 11.3 Å². The third kappa shape index (κ3) is 3.72. The minimum Gasteiger partial charge on any atom is -0.868 e. The number of thiazole rings is 1. The van der Waals surface area contributed by atoms with Crippen molar-refractivity contribution in [1.29, 1.82) is 0 Å². The maximum Gasteiger partial charge on any atom is 0.246 e. The molecule has 184 valence electrons. The van der Waals surface area contributed by atoms with E-state index in [2.05, 4.69) is 11.9 Å². The van der Waals surface area contributed by atoms with Gasteiger partial charge in [0.2, 0.25) is 11.7 Å². The third-order valence-electron chi connectivity index (χ3n) is 6.18. The summed E-state index contributed by atoms with van der Waals surface area (Å²) in [6, 6.07) is 13.0. The molecule has 0 fully saturated rings. The maximum absolute atomic E-state index is 13.6. The number of methoxy groups -OCH3 is 2. The molecule has 0 bridgehead atoms. The molecule has 2 aromatic heterocycles. The molecule has 36 heavy (non-hydrogen) atoms. The molecule has 3 heterocycles. The smallest absolute Gasteiger partial charge is 0.246 e. The van der Waals surface area contributed by atoms with Gasteiger partial charge in [-0.15, -0.1) is 0 Å². The number of anilines is 1. The molecule has 0 radical (unpaired) electrons. The van der Waals surface area contributed by atoms with E-state index in [4.69, 9.17) is 13.9 Å². The zero-order chi connectivity index (χ0) is 25.6. The number of hydrogen-bond donors (Lipinski definition) is 0. The first-order chi connectivity index (χ1) is 17.4. The van der Waals surface area contributed by atoms with Crippen molar-refractivity contribution in [1.82, 2.24) is 4.98 Å². The summed E-state index contributed by atoms with van der Waals surface area (Å²) in [5.74, 6) is -1.20. The summed E-state index contributed by atoms with van der Waals surface area (Å²) in [4.78, 5) is 33.0. The number of fused-ring (bicyclic) bond motifs is 1. The van der Waals surface area contributed by atoms with Crippen molar-refractivity contribution in [2.75, 3.05) is 19.1 Å². The van der Waals surface area contributed by atoms with E-state index in [0.717, 1.165) is 16.7 Å². The number of nitrogens with zero attached hydrogens (tertiary/aromatic N) is 2. The highest BCUT2D eigenvalue weighted by Gasteiger charge is 2.44. The van der Waals surface area contributed by atoms with Crippen molar-refractivity contribution >= 4 is 38.4 Å². The van der Waals surface area contributed by atoms with Crippen molar-refractivity contribution in [3.8, 4) is 11.5 Å². The lowest BCUT2D eigenvalue weighted by Crippen LogP contribution is -2.32. The van der Waals surface area contributed by atoms with Gasteiger partial charge >= 0.3 is 0 Å². The number of amides is 1. The summed E-state index contributed by atoms with van der Waals surface area (Å²) < 4.78 is 17.5. The zero-order valence-electron chi connectivity index (χ0n) is 20.2. The monoisotopic (exact) mass is 503 g/mol. The van der Waals surface area contributed by atoms with Gasteiger partial charge in [-0.05, 0) is 55.0 Å². The van der Waals surface area contributed by atoms with Gasteiger partial charge in [0.1, 0.15) is 5.76 Å². The second kappa shape index (κ2) is 9.16. The van der Waals surface area contributed by atoms with Gasteiger partial charge < -0.3 is 19.0 Å². The van der Waals surface area contributed by atoms with Crippen LogP contribution in [-0.2, 0) is 11.2 Å². The largest absolute Gasteiger partial charge is 0.868 e. The topological polar surface area (TPSA) is 105 Å². The lowest BCUT2D eigenvalue weighted by atomic mass is 9.94. The van der Waals surface area contributed by atoms with Gasteiger partial charge in [-0.2, -0.15) is 0 Å². The van der Waals surface area contributed by atoms with Gasteiger partial charge in [-0.25, -0.2) is 4.98 Å². The van der Waals surface area contributed by atoms with E-state index in [1.54, 1.807) is 31.2 Å². The molecule has 1 aliphatic heterocycles. The zero-order valence-corrected chi connectivity index (χ0v) is 21.0. The first-order valence-electron chi connectivity index (χ1n) is 11.3. The van der Waals surface area contributed by atoms with Crippen LogP contribution in [0.1, 0.15) is 40.4 Å².